The molecule has 0 atom stereocenters. The molecular weight excluding hydrogens is 614 g/mol. The van der Waals surface area contributed by atoms with Gasteiger partial charge >= 0.3 is 0 Å². The number of amides is 1. The van der Waals surface area contributed by atoms with E-state index in [0.29, 0.717) is 24.7 Å². The Hall–Kier alpha value is -1.11. The molecule has 150 valence electrons. The first-order valence-electron chi connectivity index (χ1n) is 9.11. The summed E-state index contributed by atoms with van der Waals surface area (Å²) in [4.78, 5) is 19.5. The van der Waals surface area contributed by atoms with Crippen LogP contribution in [-0.4, -0.2) is 42.3 Å². The van der Waals surface area contributed by atoms with Crippen LogP contribution in [0.2, 0.25) is 0 Å². The van der Waals surface area contributed by atoms with Crippen LogP contribution in [0.1, 0.15) is 11.1 Å². The van der Waals surface area contributed by atoms with E-state index in [0.717, 1.165) is 42.3 Å². The average Bonchev–Trinajstić information content (AvgIpc) is 3.09. The number of carbonyl (C=O) groups is 1. The Morgan fingerprint density at radius 3 is 2.69 bits per heavy atom. The zero-order valence-electron chi connectivity index (χ0n) is 15.4. The third kappa shape index (κ3) is 5.33. The van der Waals surface area contributed by atoms with E-state index in [4.69, 9.17) is 9.47 Å². The lowest BCUT2D eigenvalue weighted by atomic mass is 10.2. The number of halogens is 2. The van der Waals surface area contributed by atoms with Crippen LogP contribution in [0.5, 0.6) is 5.75 Å². The van der Waals surface area contributed by atoms with Crippen molar-refractivity contribution in [1.29, 1.82) is 0 Å². The van der Waals surface area contributed by atoms with Gasteiger partial charge in [-0.15, -0.1) is 0 Å². The molecule has 0 bridgehead atoms. The first-order chi connectivity index (χ1) is 14.1. The lowest BCUT2D eigenvalue weighted by Crippen LogP contribution is -2.38. The highest BCUT2D eigenvalue weighted by Gasteiger charge is 2.27. The Bertz CT molecular complexity index is 973. The Morgan fingerprint density at radius 2 is 1.93 bits per heavy atom. The van der Waals surface area contributed by atoms with Crippen molar-refractivity contribution in [2.45, 2.75) is 6.61 Å². The molecule has 0 unspecified atom stereocenters. The maximum absolute atomic E-state index is 12.5. The molecular formula is C21H18I2N2O3S. The minimum absolute atomic E-state index is 0.195. The molecule has 5 nitrogen and oxygen atoms in total. The molecule has 1 amide bonds. The maximum atomic E-state index is 12.5. The van der Waals surface area contributed by atoms with E-state index in [1.165, 1.54) is 11.8 Å². The minimum atomic E-state index is -0.195. The fourth-order valence-electron chi connectivity index (χ4n) is 3.00. The molecule has 0 N–H and O–H groups in total. The molecule has 2 aliphatic rings. The van der Waals surface area contributed by atoms with Gasteiger partial charge in [0.2, 0.25) is 0 Å². The van der Waals surface area contributed by atoms with Gasteiger partial charge in [0.05, 0.1) is 21.7 Å². The average molecular weight is 632 g/mol. The molecule has 0 aromatic heterocycles. The van der Waals surface area contributed by atoms with E-state index in [9.17, 15) is 4.79 Å². The molecule has 29 heavy (non-hydrogen) atoms. The maximum Gasteiger partial charge on any atom is 0.286 e. The van der Waals surface area contributed by atoms with Gasteiger partial charge in [0.25, 0.3) is 5.91 Å². The summed E-state index contributed by atoms with van der Waals surface area (Å²) in [5, 5.41) is 0.761. The SMILES string of the molecule is O=C1N=C(N2CCOCC2)S/C1=C/c1cc(I)cc(I)c1OCc1ccccc1. The van der Waals surface area contributed by atoms with Gasteiger partial charge in [-0.1, -0.05) is 30.3 Å². The summed E-state index contributed by atoms with van der Waals surface area (Å²) in [7, 11) is 0. The molecule has 2 aliphatic heterocycles. The standard InChI is InChI=1S/C21H18I2N2O3S/c22-16-10-15(19(17(23)12-16)28-13-14-4-2-1-3-5-14)11-18-20(26)24-21(29-18)25-6-8-27-9-7-25/h1-5,10-12H,6-9,13H2/b18-11+. The van der Waals surface area contributed by atoms with Crippen molar-refractivity contribution in [3.8, 4) is 5.75 Å². The van der Waals surface area contributed by atoms with E-state index in [1.54, 1.807) is 0 Å². The number of rotatable bonds is 4. The number of thioether (sulfide) groups is 1. The summed E-state index contributed by atoms with van der Waals surface area (Å²) in [5.41, 5.74) is 2.00. The van der Waals surface area contributed by atoms with Crippen molar-refractivity contribution in [1.82, 2.24) is 4.90 Å². The zero-order valence-corrected chi connectivity index (χ0v) is 20.6. The van der Waals surface area contributed by atoms with Crippen LogP contribution >= 0.6 is 56.9 Å². The Labute approximate surface area is 201 Å². The lowest BCUT2D eigenvalue weighted by molar-refractivity contribution is -0.113. The van der Waals surface area contributed by atoms with Crippen molar-refractivity contribution in [2.75, 3.05) is 26.3 Å². The largest absolute Gasteiger partial charge is 0.487 e. The predicted octanol–water partition coefficient (Wildman–Crippen LogP) is 4.78. The van der Waals surface area contributed by atoms with Gasteiger partial charge in [0.15, 0.2) is 5.17 Å². The van der Waals surface area contributed by atoms with Gasteiger partial charge in [-0.3, -0.25) is 4.79 Å². The summed E-state index contributed by atoms with van der Waals surface area (Å²) in [6.07, 6.45) is 1.90. The van der Waals surface area contributed by atoms with E-state index >= 15 is 0 Å². The molecule has 4 rings (SSSR count). The fourth-order valence-corrected chi connectivity index (χ4v) is 6.00. The van der Waals surface area contributed by atoms with Crippen LogP contribution in [-0.2, 0) is 16.1 Å². The van der Waals surface area contributed by atoms with Crippen LogP contribution < -0.4 is 4.74 Å². The minimum Gasteiger partial charge on any atom is -0.487 e. The topological polar surface area (TPSA) is 51.1 Å². The quantitative estimate of drug-likeness (QED) is 0.359. The molecule has 0 saturated carbocycles. The van der Waals surface area contributed by atoms with Crippen molar-refractivity contribution < 1.29 is 14.3 Å². The number of nitrogens with zero attached hydrogens (tertiary/aromatic N) is 2. The van der Waals surface area contributed by atoms with Crippen molar-refractivity contribution in [3.05, 3.63) is 65.6 Å². The Balaban J connectivity index is 1.57. The summed E-state index contributed by atoms with van der Waals surface area (Å²) in [6.45, 7) is 3.33. The van der Waals surface area contributed by atoms with Crippen molar-refractivity contribution >= 4 is 74.1 Å². The second-order valence-electron chi connectivity index (χ2n) is 6.49. The summed E-state index contributed by atoms with van der Waals surface area (Å²) < 4.78 is 13.7. The van der Waals surface area contributed by atoms with E-state index in [1.807, 2.05) is 42.5 Å². The summed E-state index contributed by atoms with van der Waals surface area (Å²) >= 11 is 6.00. The monoisotopic (exact) mass is 632 g/mol. The third-order valence-electron chi connectivity index (χ3n) is 4.44. The molecule has 1 fully saturated rings. The fraction of sp³-hybridized carbons (Fsp3) is 0.238. The highest BCUT2D eigenvalue weighted by atomic mass is 127. The van der Waals surface area contributed by atoms with Crippen LogP contribution in [0.3, 0.4) is 0 Å². The van der Waals surface area contributed by atoms with Gasteiger partial charge in [0, 0.05) is 22.2 Å². The second kappa shape index (κ2) is 9.80. The number of hydrogen-bond donors (Lipinski definition) is 0. The van der Waals surface area contributed by atoms with Crippen LogP contribution in [0.25, 0.3) is 6.08 Å². The molecule has 1 saturated heterocycles. The Kier molecular flexibility index (Phi) is 7.14. The number of hydrogen-bond acceptors (Lipinski definition) is 5. The molecule has 2 aromatic rings. The van der Waals surface area contributed by atoms with Gasteiger partial charge in [-0.2, -0.15) is 4.99 Å². The van der Waals surface area contributed by atoms with Gasteiger partial charge in [-0.05, 0) is 80.7 Å². The van der Waals surface area contributed by atoms with E-state index < -0.39 is 0 Å². The predicted molar refractivity (Wildman–Crippen MR) is 133 cm³/mol. The first kappa shape index (κ1) is 21.1. The lowest BCUT2D eigenvalue weighted by Gasteiger charge is -2.27. The van der Waals surface area contributed by atoms with Crippen LogP contribution in [0.15, 0.2) is 52.4 Å². The Morgan fingerprint density at radius 1 is 1.17 bits per heavy atom. The molecule has 2 aromatic carbocycles. The van der Waals surface area contributed by atoms with E-state index in [-0.39, 0.29) is 5.91 Å². The van der Waals surface area contributed by atoms with Crippen molar-refractivity contribution in [2.24, 2.45) is 4.99 Å². The van der Waals surface area contributed by atoms with Gasteiger partial charge in [0.1, 0.15) is 12.4 Å². The van der Waals surface area contributed by atoms with Crippen molar-refractivity contribution in [3.63, 3.8) is 0 Å². The first-order valence-corrected chi connectivity index (χ1v) is 12.1. The van der Waals surface area contributed by atoms with Gasteiger partial charge in [-0.25, -0.2) is 0 Å². The summed E-state index contributed by atoms with van der Waals surface area (Å²) in [5.74, 6) is 0.593. The smallest absolute Gasteiger partial charge is 0.286 e. The second-order valence-corrected chi connectivity index (χ2v) is 9.91. The number of benzene rings is 2. The number of ether oxygens (including phenoxy) is 2. The summed E-state index contributed by atoms with van der Waals surface area (Å²) in [6, 6.07) is 14.2. The molecule has 0 spiro atoms. The third-order valence-corrected chi connectivity index (χ3v) is 6.91. The number of amidine groups is 1. The van der Waals surface area contributed by atoms with Crippen LogP contribution in [0.4, 0.5) is 0 Å². The number of morpholine rings is 1. The molecule has 2 heterocycles. The zero-order chi connectivity index (χ0) is 20.2. The molecule has 8 heteroatoms. The number of carbonyl (C=O) groups excluding carboxylic acids is 1. The normalized spacial score (nSPS) is 18.3. The number of aliphatic imine (C=N–C) groups is 1. The molecule has 0 radical (unpaired) electrons. The highest BCUT2D eigenvalue weighted by molar-refractivity contribution is 14.1. The molecule has 0 aliphatic carbocycles. The van der Waals surface area contributed by atoms with E-state index in [2.05, 4.69) is 61.1 Å². The highest BCUT2D eigenvalue weighted by Crippen LogP contribution is 2.35. The van der Waals surface area contributed by atoms with Gasteiger partial charge < -0.3 is 14.4 Å². The van der Waals surface area contributed by atoms with Crippen LogP contribution in [0, 0.1) is 7.14 Å².